The summed E-state index contributed by atoms with van der Waals surface area (Å²) in [7, 11) is 1.38. The Morgan fingerprint density at radius 2 is 1.86 bits per heavy atom. The fraction of sp³-hybridized carbons (Fsp3) is 0.318. The van der Waals surface area contributed by atoms with Crippen LogP contribution in [0.1, 0.15) is 40.5 Å². The van der Waals surface area contributed by atoms with Crippen molar-refractivity contribution in [3.63, 3.8) is 0 Å². The maximum Gasteiger partial charge on any atom is 0.339 e. The number of rotatable bonds is 5. The van der Waals surface area contributed by atoms with Gasteiger partial charge in [0.25, 0.3) is 5.91 Å². The van der Waals surface area contributed by atoms with Crippen molar-refractivity contribution in [2.45, 2.75) is 19.8 Å². The van der Waals surface area contributed by atoms with Crippen molar-refractivity contribution in [1.82, 2.24) is 4.90 Å². The van der Waals surface area contributed by atoms with Gasteiger partial charge in [-0.3, -0.25) is 9.59 Å². The van der Waals surface area contributed by atoms with Gasteiger partial charge in [0.2, 0.25) is 5.91 Å². The molecule has 7 nitrogen and oxygen atoms in total. The first-order valence-electron chi connectivity index (χ1n) is 9.41. The molecule has 0 aliphatic carbocycles. The lowest BCUT2D eigenvalue weighted by atomic mass is 9.80. The number of methoxy groups -OCH3 is 1. The quantitative estimate of drug-likeness (QED) is 0.809. The number of carboxylic acids is 1. The van der Waals surface area contributed by atoms with Gasteiger partial charge in [0.1, 0.15) is 11.3 Å². The van der Waals surface area contributed by atoms with Gasteiger partial charge in [-0.25, -0.2) is 4.79 Å². The van der Waals surface area contributed by atoms with Crippen LogP contribution in [-0.4, -0.2) is 48.0 Å². The molecule has 1 aliphatic rings. The molecule has 152 valence electrons. The van der Waals surface area contributed by atoms with Gasteiger partial charge in [-0.1, -0.05) is 18.2 Å². The first-order chi connectivity index (χ1) is 13.8. The number of hydrogen-bond acceptors (Lipinski definition) is 4. The Kier molecular flexibility index (Phi) is 5.87. The Bertz CT molecular complexity index is 928. The highest BCUT2D eigenvalue weighted by atomic mass is 16.5. The zero-order valence-corrected chi connectivity index (χ0v) is 16.5. The van der Waals surface area contributed by atoms with Gasteiger partial charge in [0.15, 0.2) is 0 Å². The Morgan fingerprint density at radius 1 is 1.14 bits per heavy atom. The molecule has 2 aromatic carbocycles. The van der Waals surface area contributed by atoms with Crippen molar-refractivity contribution in [3.05, 3.63) is 59.7 Å². The SMILES string of the molecule is COc1cc(NC(=O)C2(C)CCCN(C(=O)c3ccccc3)C2)ccc1C(=O)O. The third-order valence-corrected chi connectivity index (χ3v) is 5.24. The number of amides is 2. The van der Waals surface area contributed by atoms with E-state index in [4.69, 9.17) is 4.74 Å². The van der Waals surface area contributed by atoms with Gasteiger partial charge >= 0.3 is 5.97 Å². The molecule has 29 heavy (non-hydrogen) atoms. The second-order valence-corrected chi connectivity index (χ2v) is 7.43. The van der Waals surface area contributed by atoms with E-state index in [-0.39, 0.29) is 23.1 Å². The molecule has 1 heterocycles. The largest absolute Gasteiger partial charge is 0.496 e. The van der Waals surface area contributed by atoms with Crippen LogP contribution in [-0.2, 0) is 4.79 Å². The summed E-state index contributed by atoms with van der Waals surface area (Å²) in [6.07, 6.45) is 1.38. The molecule has 1 fully saturated rings. The molecular weight excluding hydrogens is 372 g/mol. The summed E-state index contributed by atoms with van der Waals surface area (Å²) in [5, 5.41) is 12.0. The van der Waals surface area contributed by atoms with Gasteiger partial charge in [0.05, 0.1) is 12.5 Å². The monoisotopic (exact) mass is 396 g/mol. The summed E-state index contributed by atoms with van der Waals surface area (Å²) in [6.45, 7) is 2.77. The molecule has 2 aromatic rings. The number of carbonyl (C=O) groups excluding carboxylic acids is 2. The van der Waals surface area contributed by atoms with Gasteiger partial charge < -0.3 is 20.1 Å². The molecule has 1 atom stereocenters. The van der Waals surface area contributed by atoms with Crippen molar-refractivity contribution in [2.75, 3.05) is 25.5 Å². The Labute approximate surface area is 169 Å². The number of likely N-dealkylation sites (tertiary alicyclic amines) is 1. The van der Waals surface area contributed by atoms with E-state index in [1.165, 1.54) is 25.3 Å². The number of benzene rings is 2. The number of ether oxygens (including phenoxy) is 1. The first kappa shape index (κ1) is 20.4. The van der Waals surface area contributed by atoms with E-state index in [9.17, 15) is 19.5 Å². The first-order valence-corrected chi connectivity index (χ1v) is 9.41. The number of hydrogen-bond donors (Lipinski definition) is 2. The van der Waals surface area contributed by atoms with E-state index in [0.717, 1.165) is 6.42 Å². The molecule has 3 rings (SSSR count). The van der Waals surface area contributed by atoms with Crippen molar-refractivity contribution in [2.24, 2.45) is 5.41 Å². The van der Waals surface area contributed by atoms with Crippen molar-refractivity contribution in [1.29, 1.82) is 0 Å². The average molecular weight is 396 g/mol. The van der Waals surface area contributed by atoms with Crippen LogP contribution in [0.5, 0.6) is 5.75 Å². The van der Waals surface area contributed by atoms with Gasteiger partial charge in [0, 0.05) is 30.4 Å². The van der Waals surface area contributed by atoms with Crippen LogP contribution >= 0.6 is 0 Å². The summed E-state index contributed by atoms with van der Waals surface area (Å²) < 4.78 is 5.11. The van der Waals surface area contributed by atoms with Crippen LogP contribution in [0, 0.1) is 5.41 Å². The number of carbonyl (C=O) groups is 3. The minimum Gasteiger partial charge on any atom is -0.496 e. The van der Waals surface area contributed by atoms with Crippen molar-refractivity contribution in [3.8, 4) is 5.75 Å². The minimum absolute atomic E-state index is 0.0222. The maximum absolute atomic E-state index is 13.0. The van der Waals surface area contributed by atoms with E-state index < -0.39 is 11.4 Å². The summed E-state index contributed by atoms with van der Waals surface area (Å²) in [6, 6.07) is 13.4. The Morgan fingerprint density at radius 3 is 2.52 bits per heavy atom. The molecule has 1 unspecified atom stereocenters. The van der Waals surface area contributed by atoms with Crippen LogP contribution in [0.15, 0.2) is 48.5 Å². The normalized spacial score (nSPS) is 18.8. The number of aromatic carboxylic acids is 1. The van der Waals surface area contributed by atoms with Crippen LogP contribution in [0.2, 0.25) is 0 Å². The van der Waals surface area contributed by atoms with Crippen LogP contribution in [0.4, 0.5) is 5.69 Å². The molecular formula is C22H24N2O5. The smallest absolute Gasteiger partial charge is 0.339 e. The second kappa shape index (κ2) is 8.34. The van der Waals surface area contributed by atoms with Crippen LogP contribution in [0.25, 0.3) is 0 Å². The number of nitrogens with one attached hydrogen (secondary N) is 1. The van der Waals surface area contributed by atoms with E-state index in [0.29, 0.717) is 30.8 Å². The van der Waals surface area contributed by atoms with Crippen LogP contribution in [0.3, 0.4) is 0 Å². The fourth-order valence-corrected chi connectivity index (χ4v) is 3.59. The highest BCUT2D eigenvalue weighted by molar-refractivity contribution is 5.98. The van der Waals surface area contributed by atoms with Gasteiger partial charge in [-0.2, -0.15) is 0 Å². The Hall–Kier alpha value is -3.35. The van der Waals surface area contributed by atoms with E-state index in [2.05, 4.69) is 5.32 Å². The topological polar surface area (TPSA) is 95.9 Å². The maximum atomic E-state index is 13.0. The summed E-state index contributed by atoms with van der Waals surface area (Å²) >= 11 is 0. The van der Waals surface area contributed by atoms with Crippen molar-refractivity contribution < 1.29 is 24.2 Å². The molecule has 0 radical (unpaired) electrons. The molecule has 2 N–H and O–H groups in total. The highest BCUT2D eigenvalue weighted by Crippen LogP contribution is 2.32. The zero-order valence-electron chi connectivity index (χ0n) is 16.5. The van der Waals surface area contributed by atoms with E-state index >= 15 is 0 Å². The predicted octanol–water partition coefficient (Wildman–Crippen LogP) is 3.27. The standard InChI is InChI=1S/C22H24N2O5/c1-22(11-6-12-24(14-22)19(25)15-7-4-3-5-8-15)21(28)23-16-9-10-17(20(26)27)18(13-16)29-2/h3-5,7-10,13H,6,11-12,14H2,1-2H3,(H,23,28)(H,26,27). The zero-order chi connectivity index (χ0) is 21.0. The van der Waals surface area contributed by atoms with Gasteiger partial charge in [-0.15, -0.1) is 0 Å². The minimum atomic E-state index is -1.10. The molecule has 1 aliphatic heterocycles. The lowest BCUT2D eigenvalue weighted by molar-refractivity contribution is -0.127. The van der Waals surface area contributed by atoms with Gasteiger partial charge in [-0.05, 0) is 44.0 Å². The summed E-state index contributed by atoms with van der Waals surface area (Å²) in [4.78, 5) is 38.7. The number of anilines is 1. The predicted molar refractivity (Wildman–Crippen MR) is 108 cm³/mol. The number of nitrogens with zero attached hydrogens (tertiary/aromatic N) is 1. The molecule has 0 saturated carbocycles. The molecule has 0 bridgehead atoms. The van der Waals surface area contributed by atoms with E-state index in [1.54, 1.807) is 17.0 Å². The molecule has 1 saturated heterocycles. The summed E-state index contributed by atoms with van der Waals surface area (Å²) in [5.74, 6) is -1.23. The second-order valence-electron chi connectivity index (χ2n) is 7.43. The lowest BCUT2D eigenvalue weighted by Gasteiger charge is -2.39. The van der Waals surface area contributed by atoms with Crippen molar-refractivity contribution >= 4 is 23.5 Å². The average Bonchev–Trinajstić information content (AvgIpc) is 2.73. The molecule has 0 spiro atoms. The lowest BCUT2D eigenvalue weighted by Crippen LogP contribution is -2.50. The summed E-state index contributed by atoms with van der Waals surface area (Å²) in [5.41, 5.74) is 0.325. The molecule has 2 amide bonds. The third-order valence-electron chi connectivity index (χ3n) is 5.24. The Balaban J connectivity index is 1.74. The fourth-order valence-electron chi connectivity index (χ4n) is 3.59. The number of piperidine rings is 1. The highest BCUT2D eigenvalue weighted by Gasteiger charge is 2.39. The van der Waals surface area contributed by atoms with E-state index in [1.807, 2.05) is 25.1 Å². The van der Waals surface area contributed by atoms with Crippen LogP contribution < -0.4 is 10.1 Å². The molecule has 7 heteroatoms. The third kappa shape index (κ3) is 4.39. The number of carboxylic acid groups (broad SMARTS) is 1. The molecule has 0 aromatic heterocycles.